The molecule has 0 unspecified atom stereocenters. The number of unbranched alkanes of at least 4 members (excludes halogenated alkanes) is 16. The van der Waals surface area contributed by atoms with Gasteiger partial charge in [-0.1, -0.05) is 117 Å². The van der Waals surface area contributed by atoms with E-state index < -0.39 is 11.9 Å². The van der Waals surface area contributed by atoms with E-state index >= 15 is 0 Å². The molecular weight excluding hydrogens is 416 g/mol. The van der Waals surface area contributed by atoms with E-state index in [2.05, 4.69) is 13.8 Å². The van der Waals surface area contributed by atoms with E-state index in [9.17, 15) is 9.59 Å². The first-order valence-electron chi connectivity index (χ1n) is 13.3. The summed E-state index contributed by atoms with van der Waals surface area (Å²) in [7, 11) is 6.00. The van der Waals surface area contributed by atoms with Crippen molar-refractivity contribution in [2.45, 2.75) is 142 Å². The Morgan fingerprint density at radius 1 is 0.485 bits per heavy atom. The van der Waals surface area contributed by atoms with E-state index in [1.54, 1.807) is 0 Å². The number of hydrogen-bond acceptors (Lipinski definition) is 4. The van der Waals surface area contributed by atoms with Gasteiger partial charge in [-0.2, -0.15) is 0 Å². The molecule has 0 heterocycles. The second kappa shape index (κ2) is 35.4. The standard InChI is InChI=1S/2C12H24O2.C3H9N.H3N/c2*1-2-3-4-5-6-7-8-9-10-11-12(13)14;1-4(2)3;/h2*2-11H2,1H3,(H,13,14);1-3H3;1H3. The number of hydrogen-bond donors (Lipinski definition) is 3. The molecule has 0 aliphatic rings. The van der Waals surface area contributed by atoms with Crippen LogP contribution in [0.3, 0.4) is 0 Å². The van der Waals surface area contributed by atoms with Crippen molar-refractivity contribution in [3.8, 4) is 0 Å². The summed E-state index contributed by atoms with van der Waals surface area (Å²) in [5, 5.41) is 16.8. The third-order valence-electron chi connectivity index (χ3n) is 4.99. The minimum absolute atomic E-state index is 0. The lowest BCUT2D eigenvalue weighted by Crippen LogP contribution is -1.99. The molecule has 0 spiro atoms. The molecule has 33 heavy (non-hydrogen) atoms. The van der Waals surface area contributed by atoms with Gasteiger partial charge in [-0.25, -0.2) is 0 Å². The van der Waals surface area contributed by atoms with Crippen LogP contribution in [0.4, 0.5) is 0 Å². The van der Waals surface area contributed by atoms with Gasteiger partial charge in [-0.15, -0.1) is 0 Å². The molecule has 0 fully saturated rings. The van der Waals surface area contributed by atoms with Crippen molar-refractivity contribution in [2.24, 2.45) is 0 Å². The van der Waals surface area contributed by atoms with Crippen LogP contribution in [0, 0.1) is 0 Å². The van der Waals surface area contributed by atoms with Crippen LogP contribution in [0.2, 0.25) is 0 Å². The highest BCUT2D eigenvalue weighted by Crippen LogP contribution is 2.11. The van der Waals surface area contributed by atoms with Crippen LogP contribution in [0.15, 0.2) is 0 Å². The Labute approximate surface area is 206 Å². The quantitative estimate of drug-likeness (QED) is 0.152. The van der Waals surface area contributed by atoms with Crippen LogP contribution in [-0.2, 0) is 9.59 Å². The molecular formula is C27H60N2O4. The van der Waals surface area contributed by atoms with E-state index in [4.69, 9.17) is 10.2 Å². The Balaban J connectivity index is -0.000000213. The van der Waals surface area contributed by atoms with Crippen molar-refractivity contribution in [1.82, 2.24) is 11.1 Å². The Morgan fingerprint density at radius 3 is 0.848 bits per heavy atom. The maximum atomic E-state index is 10.2. The minimum Gasteiger partial charge on any atom is -0.481 e. The summed E-state index contributed by atoms with van der Waals surface area (Å²) in [5.41, 5.74) is 0. The third kappa shape index (κ3) is 59.1. The number of nitrogens with zero attached hydrogens (tertiary/aromatic N) is 1. The van der Waals surface area contributed by atoms with E-state index in [0.717, 1.165) is 25.7 Å². The zero-order valence-electron chi connectivity index (χ0n) is 23.0. The molecule has 5 N–H and O–H groups in total. The molecule has 0 aromatic rings. The van der Waals surface area contributed by atoms with Crippen molar-refractivity contribution in [1.29, 1.82) is 0 Å². The van der Waals surface area contributed by atoms with Gasteiger partial charge in [0.1, 0.15) is 0 Å². The monoisotopic (exact) mass is 476 g/mol. The lowest BCUT2D eigenvalue weighted by atomic mass is 10.1. The Morgan fingerprint density at radius 2 is 0.667 bits per heavy atom. The smallest absolute Gasteiger partial charge is 0.303 e. The molecule has 0 rings (SSSR count). The average Bonchev–Trinajstić information content (AvgIpc) is 2.71. The van der Waals surface area contributed by atoms with Gasteiger partial charge in [0, 0.05) is 12.8 Å². The van der Waals surface area contributed by atoms with Crippen molar-refractivity contribution in [3.05, 3.63) is 0 Å². The highest BCUT2D eigenvalue weighted by molar-refractivity contribution is 5.66. The molecule has 0 atom stereocenters. The van der Waals surface area contributed by atoms with Crippen molar-refractivity contribution < 1.29 is 19.8 Å². The van der Waals surface area contributed by atoms with Gasteiger partial charge in [0.15, 0.2) is 0 Å². The molecule has 202 valence electrons. The molecule has 0 aliphatic heterocycles. The molecule has 0 amide bonds. The molecule has 0 saturated heterocycles. The first-order valence-corrected chi connectivity index (χ1v) is 13.3. The van der Waals surface area contributed by atoms with Gasteiger partial charge in [0.25, 0.3) is 0 Å². The number of carbonyl (C=O) groups is 2. The third-order valence-corrected chi connectivity index (χ3v) is 4.99. The summed E-state index contributed by atoms with van der Waals surface area (Å²) in [4.78, 5) is 22.4. The van der Waals surface area contributed by atoms with Gasteiger partial charge in [-0.05, 0) is 34.0 Å². The second-order valence-electron chi connectivity index (χ2n) is 9.29. The molecule has 0 saturated carbocycles. The lowest BCUT2D eigenvalue weighted by molar-refractivity contribution is -0.138. The number of aliphatic carboxylic acids is 2. The van der Waals surface area contributed by atoms with Gasteiger partial charge in [0.05, 0.1) is 0 Å². The number of rotatable bonds is 20. The Hall–Kier alpha value is -1.14. The lowest BCUT2D eigenvalue weighted by Gasteiger charge is -2.00. The molecule has 0 radical (unpaired) electrons. The van der Waals surface area contributed by atoms with Gasteiger partial charge in [0.2, 0.25) is 0 Å². The topological polar surface area (TPSA) is 113 Å². The van der Waals surface area contributed by atoms with E-state index in [-0.39, 0.29) is 6.15 Å². The number of carboxylic acid groups (broad SMARTS) is 2. The highest BCUT2D eigenvalue weighted by Gasteiger charge is 1.97. The molecule has 6 heteroatoms. The first kappa shape index (κ1) is 39.1. The van der Waals surface area contributed by atoms with Gasteiger partial charge >= 0.3 is 11.9 Å². The molecule has 0 aromatic heterocycles. The zero-order chi connectivity index (χ0) is 24.9. The minimum atomic E-state index is -0.659. The van der Waals surface area contributed by atoms with E-state index in [1.165, 1.54) is 89.9 Å². The Kier molecular flexibility index (Phi) is 42.0. The van der Waals surface area contributed by atoms with Crippen LogP contribution in [0.1, 0.15) is 142 Å². The van der Waals surface area contributed by atoms with Crippen LogP contribution < -0.4 is 6.15 Å². The SMILES string of the molecule is CCCCCCCCCCCC(=O)O.CCCCCCCCCCCC(=O)O.CN(C)C.N. The molecule has 0 bridgehead atoms. The Bertz CT molecular complexity index is 342. The first-order chi connectivity index (χ1) is 15.3. The average molecular weight is 477 g/mol. The second-order valence-corrected chi connectivity index (χ2v) is 9.29. The summed E-state index contributed by atoms with van der Waals surface area (Å²) in [6, 6.07) is 0. The fourth-order valence-electron chi connectivity index (χ4n) is 3.17. The molecule has 0 aromatic carbocycles. The predicted molar refractivity (Wildman–Crippen MR) is 144 cm³/mol. The fourth-order valence-corrected chi connectivity index (χ4v) is 3.17. The summed E-state index contributed by atoms with van der Waals surface area (Å²) < 4.78 is 0. The zero-order valence-corrected chi connectivity index (χ0v) is 23.0. The summed E-state index contributed by atoms with van der Waals surface area (Å²) in [6.07, 6.45) is 23.0. The van der Waals surface area contributed by atoms with Gasteiger partial charge < -0.3 is 21.3 Å². The maximum absolute atomic E-state index is 10.2. The fraction of sp³-hybridized carbons (Fsp3) is 0.926. The maximum Gasteiger partial charge on any atom is 0.303 e. The largest absolute Gasteiger partial charge is 0.481 e. The summed E-state index contributed by atoms with van der Waals surface area (Å²) >= 11 is 0. The summed E-state index contributed by atoms with van der Waals surface area (Å²) in [6.45, 7) is 4.46. The van der Waals surface area contributed by atoms with Crippen LogP contribution >= 0.6 is 0 Å². The van der Waals surface area contributed by atoms with Crippen LogP contribution in [0.25, 0.3) is 0 Å². The van der Waals surface area contributed by atoms with Crippen molar-refractivity contribution in [3.63, 3.8) is 0 Å². The normalized spacial score (nSPS) is 9.88. The molecule has 6 nitrogen and oxygen atoms in total. The summed E-state index contributed by atoms with van der Waals surface area (Å²) in [5.74, 6) is -1.32. The van der Waals surface area contributed by atoms with E-state index in [1.807, 2.05) is 26.0 Å². The van der Waals surface area contributed by atoms with Crippen LogP contribution in [0.5, 0.6) is 0 Å². The van der Waals surface area contributed by atoms with Crippen LogP contribution in [-0.4, -0.2) is 48.2 Å². The van der Waals surface area contributed by atoms with Crippen molar-refractivity contribution in [2.75, 3.05) is 21.1 Å². The molecule has 0 aliphatic carbocycles. The number of carboxylic acids is 2. The predicted octanol–water partition coefficient (Wildman–Crippen LogP) is 8.32. The van der Waals surface area contributed by atoms with Crippen molar-refractivity contribution >= 4 is 11.9 Å². The highest BCUT2D eigenvalue weighted by atomic mass is 16.4. The van der Waals surface area contributed by atoms with E-state index in [0.29, 0.717) is 12.8 Å². The van der Waals surface area contributed by atoms with Gasteiger partial charge in [-0.3, -0.25) is 9.59 Å².